The standard InChI is InChI=1S/C29H33FIN3O4S/c1-4-21(2)32-29(36)27(18-22-8-6-5-7-9-22)33(19-23-10-12-24(30)13-11-23)28(35)20-34(39(3,37)38)26-16-14-25(31)15-17-26/h5-17,21,27H,4,18-20H2,1-3H3,(H,32,36)/t21-,27+/m1/s1. The first-order chi connectivity index (χ1) is 18.5. The van der Waals surface area contributed by atoms with Crippen molar-refractivity contribution < 1.29 is 22.4 Å². The SMILES string of the molecule is CC[C@@H](C)NC(=O)[C@H](Cc1ccccc1)N(Cc1ccc(F)cc1)C(=O)CN(c1ccc(I)cc1)S(C)(=O)=O. The van der Waals surface area contributed by atoms with Crippen molar-refractivity contribution in [1.29, 1.82) is 0 Å². The highest BCUT2D eigenvalue weighted by atomic mass is 127. The summed E-state index contributed by atoms with van der Waals surface area (Å²) in [6.07, 6.45) is 1.96. The van der Waals surface area contributed by atoms with Crippen molar-refractivity contribution in [2.45, 2.75) is 45.3 Å². The highest BCUT2D eigenvalue weighted by molar-refractivity contribution is 14.1. The van der Waals surface area contributed by atoms with Gasteiger partial charge in [-0.15, -0.1) is 0 Å². The number of hydrogen-bond acceptors (Lipinski definition) is 4. The number of hydrogen-bond donors (Lipinski definition) is 1. The Hall–Kier alpha value is -2.99. The first kappa shape index (κ1) is 30.6. The van der Waals surface area contributed by atoms with Crippen LogP contribution < -0.4 is 9.62 Å². The van der Waals surface area contributed by atoms with Crippen LogP contribution in [0.1, 0.15) is 31.4 Å². The average molecular weight is 666 g/mol. The Bertz CT molecular complexity index is 1350. The molecular formula is C29H33FIN3O4S. The molecule has 0 aliphatic rings. The van der Waals surface area contributed by atoms with Crippen molar-refractivity contribution in [3.63, 3.8) is 0 Å². The second-order valence-corrected chi connectivity index (χ2v) is 12.6. The van der Waals surface area contributed by atoms with Gasteiger partial charge in [-0.1, -0.05) is 49.4 Å². The number of carbonyl (C=O) groups excluding carboxylic acids is 2. The summed E-state index contributed by atoms with van der Waals surface area (Å²) in [6, 6.07) is 20.7. The molecule has 0 aromatic heterocycles. The zero-order valence-corrected chi connectivity index (χ0v) is 25.2. The zero-order valence-electron chi connectivity index (χ0n) is 22.2. The largest absolute Gasteiger partial charge is 0.352 e. The lowest BCUT2D eigenvalue weighted by Crippen LogP contribution is -2.54. The highest BCUT2D eigenvalue weighted by Gasteiger charge is 2.33. The number of anilines is 1. The van der Waals surface area contributed by atoms with E-state index >= 15 is 0 Å². The van der Waals surface area contributed by atoms with Gasteiger partial charge in [-0.2, -0.15) is 0 Å². The van der Waals surface area contributed by atoms with E-state index in [0.29, 0.717) is 17.7 Å². The molecule has 0 aliphatic heterocycles. The fraction of sp³-hybridized carbons (Fsp3) is 0.310. The van der Waals surface area contributed by atoms with E-state index in [9.17, 15) is 22.4 Å². The second-order valence-electron chi connectivity index (χ2n) is 9.42. The van der Waals surface area contributed by atoms with Gasteiger partial charge in [0.2, 0.25) is 21.8 Å². The van der Waals surface area contributed by atoms with E-state index in [1.165, 1.54) is 17.0 Å². The molecule has 0 fully saturated rings. The van der Waals surface area contributed by atoms with Crippen LogP contribution in [-0.4, -0.2) is 50.0 Å². The number of carbonyl (C=O) groups is 2. The fourth-order valence-corrected chi connectivity index (χ4v) is 5.21. The van der Waals surface area contributed by atoms with Crippen LogP contribution in [0.25, 0.3) is 0 Å². The molecule has 2 amide bonds. The predicted molar refractivity (Wildman–Crippen MR) is 160 cm³/mol. The summed E-state index contributed by atoms with van der Waals surface area (Å²) in [4.78, 5) is 29.0. The van der Waals surface area contributed by atoms with Crippen LogP contribution in [0.2, 0.25) is 0 Å². The zero-order chi connectivity index (χ0) is 28.6. The quantitative estimate of drug-likeness (QED) is 0.283. The Labute approximate surface area is 243 Å². The van der Waals surface area contributed by atoms with E-state index in [1.54, 1.807) is 36.4 Å². The average Bonchev–Trinajstić information content (AvgIpc) is 2.90. The van der Waals surface area contributed by atoms with Gasteiger partial charge in [0, 0.05) is 22.6 Å². The molecule has 208 valence electrons. The second kappa shape index (κ2) is 13.9. The number of nitrogens with zero attached hydrogens (tertiary/aromatic N) is 2. The summed E-state index contributed by atoms with van der Waals surface area (Å²) in [5, 5.41) is 2.98. The third-order valence-electron chi connectivity index (χ3n) is 6.33. The number of sulfonamides is 1. The number of amides is 2. The van der Waals surface area contributed by atoms with Crippen LogP contribution in [0, 0.1) is 9.39 Å². The van der Waals surface area contributed by atoms with E-state index in [0.717, 1.165) is 19.7 Å². The van der Waals surface area contributed by atoms with Crippen molar-refractivity contribution >= 4 is 50.1 Å². The molecule has 0 saturated carbocycles. The molecule has 0 aliphatic carbocycles. The predicted octanol–water partition coefficient (Wildman–Crippen LogP) is 4.75. The molecule has 7 nitrogen and oxygen atoms in total. The molecule has 3 rings (SSSR count). The Morgan fingerprint density at radius 2 is 1.56 bits per heavy atom. The normalized spacial score (nSPS) is 12.8. The summed E-state index contributed by atoms with van der Waals surface area (Å²) in [7, 11) is -3.83. The third kappa shape index (κ3) is 9.03. The van der Waals surface area contributed by atoms with Gasteiger partial charge in [0.1, 0.15) is 18.4 Å². The molecule has 39 heavy (non-hydrogen) atoms. The van der Waals surface area contributed by atoms with Gasteiger partial charge in [-0.25, -0.2) is 12.8 Å². The highest BCUT2D eigenvalue weighted by Crippen LogP contribution is 2.21. The molecule has 0 heterocycles. The fourth-order valence-electron chi connectivity index (χ4n) is 4.00. The van der Waals surface area contributed by atoms with E-state index in [4.69, 9.17) is 0 Å². The monoisotopic (exact) mass is 665 g/mol. The van der Waals surface area contributed by atoms with Gasteiger partial charge in [0.05, 0.1) is 11.9 Å². The van der Waals surface area contributed by atoms with Crippen LogP contribution in [0.5, 0.6) is 0 Å². The van der Waals surface area contributed by atoms with Crippen LogP contribution in [0.3, 0.4) is 0 Å². The number of halogens is 2. The summed E-state index contributed by atoms with van der Waals surface area (Å²) >= 11 is 2.12. The molecule has 0 spiro atoms. The molecule has 10 heteroatoms. The summed E-state index contributed by atoms with van der Waals surface area (Å²) < 4.78 is 41.2. The van der Waals surface area contributed by atoms with Crippen molar-refractivity contribution in [2.24, 2.45) is 0 Å². The molecule has 0 radical (unpaired) electrons. The molecule has 0 bridgehead atoms. The number of benzene rings is 3. The maximum atomic E-state index is 14.0. The van der Waals surface area contributed by atoms with Crippen molar-refractivity contribution in [1.82, 2.24) is 10.2 Å². The Kier molecular flexibility index (Phi) is 10.9. The third-order valence-corrected chi connectivity index (χ3v) is 8.19. The lowest BCUT2D eigenvalue weighted by atomic mass is 10.0. The van der Waals surface area contributed by atoms with Crippen LogP contribution in [-0.2, 0) is 32.6 Å². The first-order valence-corrected chi connectivity index (χ1v) is 15.5. The van der Waals surface area contributed by atoms with E-state index in [-0.39, 0.29) is 24.9 Å². The van der Waals surface area contributed by atoms with Crippen LogP contribution in [0.15, 0.2) is 78.9 Å². The van der Waals surface area contributed by atoms with E-state index in [1.807, 2.05) is 44.2 Å². The van der Waals surface area contributed by atoms with Crippen LogP contribution in [0.4, 0.5) is 10.1 Å². The molecule has 1 N–H and O–H groups in total. The van der Waals surface area contributed by atoms with Crippen LogP contribution >= 0.6 is 22.6 Å². The molecule has 3 aromatic carbocycles. The van der Waals surface area contributed by atoms with Crippen molar-refractivity contribution in [3.05, 3.63) is 99.4 Å². The summed E-state index contributed by atoms with van der Waals surface area (Å²) in [6.45, 7) is 3.33. The van der Waals surface area contributed by atoms with Gasteiger partial charge in [-0.05, 0) is 83.5 Å². The van der Waals surface area contributed by atoms with Gasteiger partial charge >= 0.3 is 0 Å². The summed E-state index contributed by atoms with van der Waals surface area (Å²) in [5.74, 6) is -1.32. The van der Waals surface area contributed by atoms with Gasteiger partial charge in [-0.3, -0.25) is 13.9 Å². The molecule has 0 unspecified atom stereocenters. The minimum Gasteiger partial charge on any atom is -0.352 e. The Morgan fingerprint density at radius 1 is 0.949 bits per heavy atom. The van der Waals surface area contributed by atoms with Crippen molar-refractivity contribution in [3.8, 4) is 0 Å². The minimum atomic E-state index is -3.83. The van der Waals surface area contributed by atoms with Crippen molar-refractivity contribution in [2.75, 3.05) is 17.1 Å². The van der Waals surface area contributed by atoms with Gasteiger partial charge in [0.15, 0.2) is 0 Å². The Morgan fingerprint density at radius 3 is 2.13 bits per heavy atom. The first-order valence-electron chi connectivity index (χ1n) is 12.6. The number of rotatable bonds is 12. The molecular weight excluding hydrogens is 632 g/mol. The number of nitrogens with one attached hydrogen (secondary N) is 1. The topological polar surface area (TPSA) is 86.8 Å². The minimum absolute atomic E-state index is 0.00513. The lowest BCUT2D eigenvalue weighted by molar-refractivity contribution is -0.140. The van der Waals surface area contributed by atoms with E-state index in [2.05, 4.69) is 27.9 Å². The maximum Gasteiger partial charge on any atom is 0.244 e. The molecule has 2 atom stereocenters. The summed E-state index contributed by atoms with van der Waals surface area (Å²) in [5.41, 5.74) is 1.80. The lowest BCUT2D eigenvalue weighted by Gasteiger charge is -2.34. The Balaban J connectivity index is 2.04. The van der Waals surface area contributed by atoms with Gasteiger partial charge in [0.25, 0.3) is 0 Å². The van der Waals surface area contributed by atoms with E-state index < -0.39 is 34.3 Å². The molecule has 3 aromatic rings. The molecule has 0 saturated heterocycles. The smallest absolute Gasteiger partial charge is 0.244 e. The maximum absolute atomic E-state index is 14.0. The van der Waals surface area contributed by atoms with Gasteiger partial charge < -0.3 is 10.2 Å².